The molecule has 1 aromatic carbocycles. The van der Waals surface area contributed by atoms with Gasteiger partial charge in [-0.1, -0.05) is 0 Å². The third-order valence-corrected chi connectivity index (χ3v) is 3.60. The number of rotatable bonds is 6. The lowest BCUT2D eigenvalue weighted by molar-refractivity contribution is 0.0913. The van der Waals surface area contributed by atoms with E-state index in [-0.39, 0.29) is 30.1 Å². The second-order valence-electron chi connectivity index (χ2n) is 5.07. The molecular formula is C17H15N3O3. The molecule has 1 N–H and O–H groups in total. The Labute approximate surface area is 132 Å². The third kappa shape index (κ3) is 3.11. The number of methoxy groups -OCH3 is 1. The van der Waals surface area contributed by atoms with E-state index < -0.39 is 0 Å². The summed E-state index contributed by atoms with van der Waals surface area (Å²) < 4.78 is 5.12. The Morgan fingerprint density at radius 3 is 2.83 bits per heavy atom. The summed E-state index contributed by atoms with van der Waals surface area (Å²) in [6.45, 7) is 0. The van der Waals surface area contributed by atoms with Gasteiger partial charge in [-0.15, -0.1) is 0 Å². The number of benzene rings is 1. The van der Waals surface area contributed by atoms with Crippen molar-refractivity contribution in [1.29, 1.82) is 0 Å². The molecule has 0 saturated heterocycles. The van der Waals surface area contributed by atoms with E-state index in [2.05, 4.69) is 15.2 Å². The van der Waals surface area contributed by atoms with Gasteiger partial charge in [-0.25, -0.2) is 4.98 Å². The minimum absolute atomic E-state index is 0.0867. The average molecular weight is 309 g/mol. The Hall–Kier alpha value is -3.02. The molecule has 0 aliphatic carbocycles. The number of nitrogens with zero attached hydrogens (tertiary/aromatic N) is 2. The molecule has 3 rings (SSSR count). The van der Waals surface area contributed by atoms with Crippen LogP contribution in [0.25, 0.3) is 10.9 Å². The predicted octanol–water partition coefficient (Wildman–Crippen LogP) is 2.81. The molecule has 0 unspecified atom stereocenters. The Morgan fingerprint density at radius 2 is 2.00 bits per heavy atom. The minimum atomic E-state index is -0.208. The first-order valence-corrected chi connectivity index (χ1v) is 7.17. The Morgan fingerprint density at radius 1 is 1.17 bits per heavy atom. The van der Waals surface area contributed by atoms with Crippen LogP contribution >= 0.6 is 0 Å². The lowest BCUT2D eigenvalue weighted by Crippen LogP contribution is -2.08. The molecule has 0 saturated carbocycles. The van der Waals surface area contributed by atoms with Crippen LogP contribution in [0.4, 0.5) is 0 Å². The van der Waals surface area contributed by atoms with Crippen LogP contribution < -0.4 is 4.74 Å². The van der Waals surface area contributed by atoms with E-state index in [0.717, 1.165) is 10.9 Å². The Bertz CT molecular complexity index is 870. The molecule has 0 spiro atoms. The number of ketones is 2. The van der Waals surface area contributed by atoms with Crippen LogP contribution in [0.1, 0.15) is 33.7 Å². The highest BCUT2D eigenvalue weighted by molar-refractivity contribution is 6.03. The van der Waals surface area contributed by atoms with Gasteiger partial charge in [0.2, 0.25) is 0 Å². The topological polar surface area (TPSA) is 84.9 Å². The van der Waals surface area contributed by atoms with Crippen LogP contribution in [0.2, 0.25) is 0 Å². The number of aromatic amines is 1. The molecule has 0 amide bonds. The smallest absolute Gasteiger partial charge is 0.185 e. The van der Waals surface area contributed by atoms with Crippen LogP contribution in [0, 0.1) is 0 Å². The SMILES string of the molecule is COc1cccnc1C(=O)CCC(=O)c1ccc2[nH]ncc2c1. The molecule has 116 valence electrons. The van der Waals surface area contributed by atoms with Crippen molar-refractivity contribution in [2.45, 2.75) is 12.8 Å². The lowest BCUT2D eigenvalue weighted by atomic mass is 10.0. The summed E-state index contributed by atoms with van der Waals surface area (Å²) in [5.41, 5.74) is 1.70. The highest BCUT2D eigenvalue weighted by Gasteiger charge is 2.16. The fraction of sp³-hybridized carbons (Fsp3) is 0.176. The van der Waals surface area contributed by atoms with Crippen molar-refractivity contribution in [3.8, 4) is 5.75 Å². The van der Waals surface area contributed by atoms with Crippen molar-refractivity contribution >= 4 is 22.5 Å². The number of H-pyrrole nitrogens is 1. The van der Waals surface area contributed by atoms with E-state index >= 15 is 0 Å². The number of fused-ring (bicyclic) bond motifs is 1. The van der Waals surface area contributed by atoms with Gasteiger partial charge in [-0.05, 0) is 30.3 Å². The van der Waals surface area contributed by atoms with Crippen molar-refractivity contribution in [3.63, 3.8) is 0 Å². The lowest BCUT2D eigenvalue weighted by Gasteiger charge is -2.06. The number of Topliss-reactive ketones (excluding diaryl/α,β-unsaturated/α-hetero) is 2. The van der Waals surface area contributed by atoms with E-state index in [0.29, 0.717) is 11.3 Å². The quantitative estimate of drug-likeness (QED) is 0.708. The summed E-state index contributed by atoms with van der Waals surface area (Å²) in [6.07, 6.45) is 3.41. The largest absolute Gasteiger partial charge is 0.494 e. The number of aromatic nitrogens is 3. The van der Waals surface area contributed by atoms with E-state index in [4.69, 9.17) is 4.74 Å². The van der Waals surface area contributed by atoms with Crippen LogP contribution in [-0.2, 0) is 0 Å². The van der Waals surface area contributed by atoms with Crippen molar-refractivity contribution in [1.82, 2.24) is 15.2 Å². The standard InChI is InChI=1S/C17H15N3O3/c1-23-16-3-2-8-18-17(16)15(22)7-6-14(21)11-4-5-13-12(9-11)10-19-20-13/h2-5,8-10H,6-7H2,1H3,(H,19,20). The van der Waals surface area contributed by atoms with Gasteiger partial charge in [0.05, 0.1) is 18.8 Å². The van der Waals surface area contributed by atoms with Gasteiger partial charge in [0.25, 0.3) is 0 Å². The van der Waals surface area contributed by atoms with E-state index in [1.165, 1.54) is 13.3 Å². The molecule has 0 radical (unpaired) electrons. The third-order valence-electron chi connectivity index (χ3n) is 3.60. The number of hydrogen-bond acceptors (Lipinski definition) is 5. The fourth-order valence-corrected chi connectivity index (χ4v) is 2.37. The number of nitrogens with one attached hydrogen (secondary N) is 1. The monoisotopic (exact) mass is 309 g/mol. The highest BCUT2D eigenvalue weighted by Crippen LogP contribution is 2.19. The molecule has 2 aromatic heterocycles. The zero-order valence-electron chi connectivity index (χ0n) is 12.6. The van der Waals surface area contributed by atoms with Gasteiger partial charge in [-0.3, -0.25) is 14.7 Å². The number of pyridine rings is 1. The van der Waals surface area contributed by atoms with Crippen molar-refractivity contribution in [2.24, 2.45) is 0 Å². The van der Waals surface area contributed by atoms with Gasteiger partial charge in [0, 0.05) is 30.0 Å². The summed E-state index contributed by atoms with van der Waals surface area (Å²) in [5.74, 6) is 0.126. The van der Waals surface area contributed by atoms with Gasteiger partial charge in [0.15, 0.2) is 11.6 Å². The Kier molecular flexibility index (Phi) is 4.14. The number of carbonyl (C=O) groups is 2. The maximum absolute atomic E-state index is 12.3. The van der Waals surface area contributed by atoms with Gasteiger partial charge < -0.3 is 4.74 Å². The predicted molar refractivity (Wildman–Crippen MR) is 84.8 cm³/mol. The molecular weight excluding hydrogens is 294 g/mol. The van der Waals surface area contributed by atoms with Crippen LogP contribution in [-0.4, -0.2) is 33.9 Å². The summed E-state index contributed by atoms with van der Waals surface area (Å²) in [6, 6.07) is 8.68. The number of ether oxygens (including phenoxy) is 1. The molecule has 0 fully saturated rings. The summed E-state index contributed by atoms with van der Waals surface area (Å²) >= 11 is 0. The summed E-state index contributed by atoms with van der Waals surface area (Å²) in [4.78, 5) is 28.5. The van der Waals surface area contributed by atoms with Gasteiger partial charge in [-0.2, -0.15) is 5.10 Å². The maximum Gasteiger partial charge on any atom is 0.185 e. The van der Waals surface area contributed by atoms with Crippen LogP contribution in [0.15, 0.2) is 42.7 Å². The minimum Gasteiger partial charge on any atom is -0.494 e. The van der Waals surface area contributed by atoms with Crippen molar-refractivity contribution < 1.29 is 14.3 Å². The van der Waals surface area contributed by atoms with Crippen LogP contribution in [0.5, 0.6) is 5.75 Å². The first-order valence-electron chi connectivity index (χ1n) is 7.17. The molecule has 0 aliphatic heterocycles. The number of carbonyl (C=O) groups excluding carboxylic acids is 2. The summed E-state index contributed by atoms with van der Waals surface area (Å²) in [5, 5.41) is 7.62. The summed E-state index contributed by atoms with van der Waals surface area (Å²) in [7, 11) is 1.49. The second kappa shape index (κ2) is 6.39. The molecule has 0 aliphatic rings. The number of hydrogen-bond donors (Lipinski definition) is 1. The molecule has 23 heavy (non-hydrogen) atoms. The average Bonchev–Trinajstić information content (AvgIpc) is 3.06. The normalized spacial score (nSPS) is 10.7. The molecule has 6 nitrogen and oxygen atoms in total. The first-order chi connectivity index (χ1) is 11.2. The van der Waals surface area contributed by atoms with Crippen molar-refractivity contribution in [3.05, 3.63) is 54.0 Å². The maximum atomic E-state index is 12.3. The van der Waals surface area contributed by atoms with Gasteiger partial charge in [0.1, 0.15) is 11.4 Å². The Balaban J connectivity index is 1.69. The van der Waals surface area contributed by atoms with E-state index in [1.807, 2.05) is 0 Å². The van der Waals surface area contributed by atoms with Crippen LogP contribution in [0.3, 0.4) is 0 Å². The molecule has 6 heteroatoms. The molecule has 2 heterocycles. The fourth-order valence-electron chi connectivity index (χ4n) is 2.37. The first kappa shape index (κ1) is 14.9. The zero-order chi connectivity index (χ0) is 16.2. The molecule has 0 bridgehead atoms. The van der Waals surface area contributed by atoms with Gasteiger partial charge >= 0.3 is 0 Å². The molecule has 0 atom stereocenters. The van der Waals surface area contributed by atoms with E-state index in [9.17, 15) is 9.59 Å². The molecule has 3 aromatic rings. The highest BCUT2D eigenvalue weighted by atomic mass is 16.5. The van der Waals surface area contributed by atoms with E-state index in [1.54, 1.807) is 36.5 Å². The van der Waals surface area contributed by atoms with Crippen molar-refractivity contribution in [2.75, 3.05) is 7.11 Å². The zero-order valence-corrected chi connectivity index (χ0v) is 12.6. The second-order valence-corrected chi connectivity index (χ2v) is 5.07.